The maximum Gasteiger partial charge on any atom is 0.401 e. The summed E-state index contributed by atoms with van der Waals surface area (Å²) in [7, 11) is 0. The van der Waals surface area contributed by atoms with Gasteiger partial charge in [0.25, 0.3) is 0 Å². The Morgan fingerprint density at radius 2 is 2.05 bits per heavy atom. The van der Waals surface area contributed by atoms with E-state index in [4.69, 9.17) is 9.84 Å². The van der Waals surface area contributed by atoms with E-state index in [1.165, 1.54) is 0 Å². The van der Waals surface area contributed by atoms with E-state index in [2.05, 4.69) is 0 Å². The average Bonchev–Trinajstić information content (AvgIpc) is 2.37. The van der Waals surface area contributed by atoms with Crippen molar-refractivity contribution in [1.82, 2.24) is 4.90 Å². The molecule has 1 spiro atoms. The van der Waals surface area contributed by atoms with Crippen molar-refractivity contribution >= 4 is 17.7 Å². The fourth-order valence-electron chi connectivity index (χ4n) is 3.12. The van der Waals surface area contributed by atoms with Crippen molar-refractivity contribution in [3.63, 3.8) is 0 Å². The van der Waals surface area contributed by atoms with Gasteiger partial charge in [0.1, 0.15) is 0 Å². The first kappa shape index (κ1) is 16.9. The number of hydrogen-bond donors (Lipinski definition) is 1. The van der Waals surface area contributed by atoms with Gasteiger partial charge in [0.2, 0.25) is 0 Å². The van der Waals surface area contributed by atoms with Gasteiger partial charge in [-0.2, -0.15) is 24.9 Å². The number of carbonyl (C=O) groups is 1. The Morgan fingerprint density at radius 1 is 1.38 bits per heavy atom. The van der Waals surface area contributed by atoms with E-state index in [0.717, 1.165) is 29.2 Å². The van der Waals surface area contributed by atoms with Crippen LogP contribution in [0.4, 0.5) is 13.2 Å². The molecule has 2 aliphatic rings. The van der Waals surface area contributed by atoms with Crippen molar-refractivity contribution < 1.29 is 27.8 Å². The quantitative estimate of drug-likeness (QED) is 0.859. The normalized spacial score (nSPS) is 26.2. The summed E-state index contributed by atoms with van der Waals surface area (Å²) >= 11 is 1.83. The van der Waals surface area contributed by atoms with E-state index in [1.807, 2.05) is 11.8 Å². The van der Waals surface area contributed by atoms with Crippen molar-refractivity contribution in [2.75, 3.05) is 31.2 Å². The monoisotopic (exact) mass is 327 g/mol. The lowest BCUT2D eigenvalue weighted by Crippen LogP contribution is -2.53. The molecule has 0 aromatic carbocycles. The first-order valence-electron chi connectivity index (χ1n) is 7.04. The van der Waals surface area contributed by atoms with Gasteiger partial charge in [0, 0.05) is 12.6 Å². The number of carboxylic acids is 1. The van der Waals surface area contributed by atoms with Crippen LogP contribution in [0.25, 0.3) is 0 Å². The number of carboxylic acid groups (broad SMARTS) is 1. The van der Waals surface area contributed by atoms with Crippen LogP contribution >= 0.6 is 11.8 Å². The largest absolute Gasteiger partial charge is 0.480 e. The van der Waals surface area contributed by atoms with E-state index in [-0.39, 0.29) is 11.6 Å². The zero-order valence-corrected chi connectivity index (χ0v) is 12.5. The van der Waals surface area contributed by atoms with Crippen LogP contribution in [0, 0.1) is 0 Å². The Balaban J connectivity index is 2.05. The van der Waals surface area contributed by atoms with Crippen molar-refractivity contribution in [1.29, 1.82) is 0 Å². The molecule has 0 aromatic rings. The summed E-state index contributed by atoms with van der Waals surface area (Å²) in [6.45, 7) is -1.34. The van der Waals surface area contributed by atoms with Crippen LogP contribution in [0.3, 0.4) is 0 Å². The minimum atomic E-state index is -4.39. The second-order valence-electron chi connectivity index (χ2n) is 5.70. The molecule has 122 valence electrons. The summed E-state index contributed by atoms with van der Waals surface area (Å²) in [5.41, 5.74) is -0.351. The molecule has 2 aliphatic heterocycles. The van der Waals surface area contributed by atoms with Crippen LogP contribution in [0.2, 0.25) is 0 Å². The van der Waals surface area contributed by atoms with Crippen LogP contribution in [0.5, 0.6) is 0 Å². The topological polar surface area (TPSA) is 49.8 Å². The molecule has 1 unspecified atom stereocenters. The number of halogens is 3. The molecule has 2 fully saturated rings. The smallest absolute Gasteiger partial charge is 0.401 e. The molecule has 0 bridgehead atoms. The lowest BCUT2D eigenvalue weighted by Gasteiger charge is -2.46. The summed E-state index contributed by atoms with van der Waals surface area (Å²) in [5.74, 6) is 0.675. The highest BCUT2D eigenvalue weighted by Gasteiger charge is 2.43. The number of rotatable bonds is 4. The van der Waals surface area contributed by atoms with Gasteiger partial charge in [-0.05, 0) is 37.2 Å². The fourth-order valence-corrected chi connectivity index (χ4v) is 4.36. The van der Waals surface area contributed by atoms with E-state index < -0.39 is 25.2 Å². The standard InChI is InChI=1S/C13H20F3NO3S/c14-13(15,16)9-17(8-11(18)19)10-1-4-20-12(7-10)2-5-21-6-3-12/h10H,1-9H2,(H,18,19). The number of thioether (sulfide) groups is 1. The lowest BCUT2D eigenvalue weighted by atomic mass is 9.85. The second-order valence-corrected chi connectivity index (χ2v) is 6.93. The van der Waals surface area contributed by atoms with Gasteiger partial charge in [-0.1, -0.05) is 0 Å². The number of alkyl halides is 3. The predicted octanol–water partition coefficient (Wildman–Crippen LogP) is 2.38. The Kier molecular flexibility index (Phi) is 5.43. The van der Waals surface area contributed by atoms with Crippen LogP contribution < -0.4 is 0 Å². The summed E-state index contributed by atoms with van der Waals surface area (Å²) in [6.07, 6.45) is -1.76. The number of nitrogens with zero attached hydrogens (tertiary/aromatic N) is 1. The number of hydrogen-bond acceptors (Lipinski definition) is 4. The summed E-state index contributed by atoms with van der Waals surface area (Å²) < 4.78 is 43.9. The first-order chi connectivity index (χ1) is 9.80. The zero-order valence-electron chi connectivity index (χ0n) is 11.7. The molecule has 1 N–H and O–H groups in total. The third-order valence-corrected chi connectivity index (χ3v) is 5.09. The molecule has 8 heteroatoms. The molecule has 0 aromatic heterocycles. The highest BCUT2D eigenvalue weighted by molar-refractivity contribution is 7.99. The van der Waals surface area contributed by atoms with Gasteiger partial charge in [0.05, 0.1) is 18.7 Å². The first-order valence-corrected chi connectivity index (χ1v) is 8.19. The molecular formula is C13H20F3NO3S. The van der Waals surface area contributed by atoms with Crippen LogP contribution in [-0.4, -0.2) is 65.0 Å². The molecule has 4 nitrogen and oxygen atoms in total. The van der Waals surface area contributed by atoms with Gasteiger partial charge >= 0.3 is 12.1 Å². The predicted molar refractivity (Wildman–Crippen MR) is 73.5 cm³/mol. The Labute approximate surface area is 126 Å². The van der Waals surface area contributed by atoms with E-state index in [0.29, 0.717) is 19.4 Å². The van der Waals surface area contributed by atoms with Crippen molar-refractivity contribution in [3.05, 3.63) is 0 Å². The van der Waals surface area contributed by atoms with Gasteiger partial charge < -0.3 is 9.84 Å². The van der Waals surface area contributed by atoms with Crippen molar-refractivity contribution in [2.24, 2.45) is 0 Å². The van der Waals surface area contributed by atoms with E-state index in [1.54, 1.807) is 0 Å². The number of aliphatic carboxylic acids is 1. The highest BCUT2D eigenvalue weighted by atomic mass is 32.2. The van der Waals surface area contributed by atoms with Crippen molar-refractivity contribution in [3.8, 4) is 0 Å². The Hall–Kier alpha value is -0.470. The lowest BCUT2D eigenvalue weighted by molar-refractivity contribution is -0.171. The maximum absolute atomic E-state index is 12.7. The number of ether oxygens (including phenoxy) is 1. The van der Waals surface area contributed by atoms with Gasteiger partial charge in [-0.15, -0.1) is 0 Å². The zero-order chi connectivity index (χ0) is 15.5. The maximum atomic E-state index is 12.7. The molecule has 21 heavy (non-hydrogen) atoms. The molecule has 0 radical (unpaired) electrons. The summed E-state index contributed by atoms with van der Waals surface area (Å²) in [6, 6.07) is -0.375. The molecule has 2 heterocycles. The van der Waals surface area contributed by atoms with Crippen LogP contribution in [0.1, 0.15) is 25.7 Å². The summed E-state index contributed by atoms with van der Waals surface area (Å²) in [4.78, 5) is 11.9. The second kappa shape index (κ2) is 6.75. The van der Waals surface area contributed by atoms with Crippen LogP contribution in [0.15, 0.2) is 0 Å². The fraction of sp³-hybridized carbons (Fsp3) is 0.923. The van der Waals surface area contributed by atoms with Gasteiger partial charge in [0.15, 0.2) is 0 Å². The minimum Gasteiger partial charge on any atom is -0.480 e. The van der Waals surface area contributed by atoms with Crippen molar-refractivity contribution in [2.45, 2.75) is 43.5 Å². The Morgan fingerprint density at radius 3 is 2.62 bits per heavy atom. The highest BCUT2D eigenvalue weighted by Crippen LogP contribution is 2.39. The minimum absolute atomic E-state index is 0.351. The van der Waals surface area contributed by atoms with Gasteiger partial charge in [-0.25, -0.2) is 0 Å². The van der Waals surface area contributed by atoms with Crippen LogP contribution in [-0.2, 0) is 9.53 Å². The molecule has 0 saturated carbocycles. The molecule has 2 saturated heterocycles. The summed E-state index contributed by atoms with van der Waals surface area (Å²) in [5, 5.41) is 8.87. The SMILES string of the molecule is O=C(O)CN(CC(F)(F)F)C1CCOC2(CCSCC2)C1. The molecule has 1 atom stereocenters. The molecule has 2 rings (SSSR count). The third kappa shape index (κ3) is 5.03. The Bertz CT molecular complexity index is 367. The van der Waals surface area contributed by atoms with E-state index >= 15 is 0 Å². The molecule has 0 amide bonds. The average molecular weight is 327 g/mol. The molecule has 0 aliphatic carbocycles. The van der Waals surface area contributed by atoms with Gasteiger partial charge in [-0.3, -0.25) is 9.69 Å². The third-order valence-electron chi connectivity index (χ3n) is 4.11. The molecular weight excluding hydrogens is 307 g/mol. The van der Waals surface area contributed by atoms with E-state index in [9.17, 15) is 18.0 Å².